The molecule has 19 heavy (non-hydrogen) atoms. The average molecular weight is 259 g/mol. The van der Waals surface area contributed by atoms with E-state index in [0.29, 0.717) is 17.3 Å². The lowest BCUT2D eigenvalue weighted by molar-refractivity contribution is 0.492. The van der Waals surface area contributed by atoms with Crippen LogP contribution in [0.2, 0.25) is 0 Å². The first-order valence-corrected chi connectivity index (χ1v) is 5.81. The number of nitrogens with one attached hydrogen (secondary N) is 2. The summed E-state index contributed by atoms with van der Waals surface area (Å²) in [6, 6.07) is 3.84. The van der Waals surface area contributed by atoms with E-state index in [2.05, 4.69) is 25.7 Å². The number of aromatic nitrogens is 3. The van der Waals surface area contributed by atoms with Gasteiger partial charge in [-0.1, -0.05) is 6.07 Å². The largest absolute Gasteiger partial charge is 0.393 e. The predicted molar refractivity (Wildman–Crippen MR) is 76.0 cm³/mol. The van der Waals surface area contributed by atoms with Crippen LogP contribution >= 0.6 is 0 Å². The second-order valence-corrected chi connectivity index (χ2v) is 4.28. The highest BCUT2D eigenvalue weighted by Crippen LogP contribution is 2.25. The Bertz CT molecular complexity index is 568. The van der Waals surface area contributed by atoms with Crippen molar-refractivity contribution in [3.8, 4) is 0 Å². The van der Waals surface area contributed by atoms with Gasteiger partial charge in [0.1, 0.15) is 17.8 Å². The summed E-state index contributed by atoms with van der Waals surface area (Å²) in [6.07, 6.45) is 3.16. The van der Waals surface area contributed by atoms with E-state index in [-0.39, 0.29) is 0 Å². The van der Waals surface area contributed by atoms with Crippen LogP contribution in [-0.2, 0) is 0 Å². The van der Waals surface area contributed by atoms with E-state index in [1.165, 1.54) is 6.33 Å². The van der Waals surface area contributed by atoms with Crippen molar-refractivity contribution in [3.63, 3.8) is 0 Å². The third kappa shape index (κ3) is 3.08. The molecule has 0 aromatic carbocycles. The third-order valence-corrected chi connectivity index (χ3v) is 2.46. The molecule has 2 rings (SSSR count). The van der Waals surface area contributed by atoms with Gasteiger partial charge in [-0.05, 0) is 18.6 Å². The van der Waals surface area contributed by atoms with Crippen LogP contribution in [-0.4, -0.2) is 34.1 Å². The van der Waals surface area contributed by atoms with Gasteiger partial charge in [-0.3, -0.25) is 0 Å². The molecule has 0 unspecified atom stereocenters. The van der Waals surface area contributed by atoms with E-state index in [9.17, 15) is 0 Å². The zero-order valence-electron chi connectivity index (χ0n) is 11.2. The van der Waals surface area contributed by atoms with E-state index >= 15 is 0 Å². The number of nitrogens with zero attached hydrogens (tertiary/aromatic N) is 4. The summed E-state index contributed by atoms with van der Waals surface area (Å²) < 4.78 is 0. The molecule has 0 amide bonds. The van der Waals surface area contributed by atoms with Crippen molar-refractivity contribution in [1.29, 1.82) is 0 Å². The number of anilines is 4. The molecule has 0 saturated carbocycles. The Morgan fingerprint density at radius 2 is 1.84 bits per heavy atom. The number of hydrazine groups is 1. The van der Waals surface area contributed by atoms with E-state index in [0.717, 1.165) is 11.4 Å². The highest BCUT2D eigenvalue weighted by molar-refractivity contribution is 5.77. The molecule has 7 nitrogen and oxygen atoms in total. The van der Waals surface area contributed by atoms with Crippen LogP contribution in [0.5, 0.6) is 0 Å². The number of aryl methyl sites for hydroxylation is 1. The van der Waals surface area contributed by atoms with Crippen LogP contribution in [0.3, 0.4) is 0 Å². The quantitative estimate of drug-likeness (QED) is 0.714. The van der Waals surface area contributed by atoms with Gasteiger partial charge in [-0.25, -0.2) is 20.0 Å². The first kappa shape index (κ1) is 13.0. The summed E-state index contributed by atoms with van der Waals surface area (Å²) >= 11 is 0. The molecule has 0 spiro atoms. The van der Waals surface area contributed by atoms with Crippen molar-refractivity contribution in [2.24, 2.45) is 0 Å². The van der Waals surface area contributed by atoms with Crippen LogP contribution in [0, 0.1) is 6.92 Å². The molecule has 0 atom stereocenters. The Labute approximate surface area is 111 Å². The van der Waals surface area contributed by atoms with Crippen molar-refractivity contribution < 1.29 is 0 Å². The third-order valence-electron chi connectivity index (χ3n) is 2.46. The molecule has 0 fully saturated rings. The van der Waals surface area contributed by atoms with Gasteiger partial charge in [0.25, 0.3) is 0 Å². The highest BCUT2D eigenvalue weighted by Gasteiger charge is 2.10. The molecular formula is C12H17N7. The van der Waals surface area contributed by atoms with E-state index in [1.807, 2.05) is 33.2 Å². The summed E-state index contributed by atoms with van der Waals surface area (Å²) in [7, 11) is 3.72. The minimum atomic E-state index is 0.446. The van der Waals surface area contributed by atoms with Crippen LogP contribution < -0.4 is 16.5 Å². The summed E-state index contributed by atoms with van der Waals surface area (Å²) in [5.74, 6) is 1.81. The Morgan fingerprint density at radius 1 is 1.11 bits per heavy atom. The fourth-order valence-corrected chi connectivity index (χ4v) is 1.52. The molecular weight excluding hydrogens is 242 g/mol. The SMILES string of the molecule is Cc1cccnc1Nc1ncnc(NN(C)C)c1N. The number of hydrogen-bond donors (Lipinski definition) is 3. The zero-order chi connectivity index (χ0) is 13.8. The number of hydrogen-bond acceptors (Lipinski definition) is 7. The molecule has 0 aliphatic carbocycles. The Balaban J connectivity index is 2.28. The van der Waals surface area contributed by atoms with Crippen LogP contribution in [0.15, 0.2) is 24.7 Å². The van der Waals surface area contributed by atoms with Crippen molar-refractivity contribution in [3.05, 3.63) is 30.2 Å². The number of nitrogens with two attached hydrogens (primary N) is 1. The normalized spacial score (nSPS) is 10.5. The Hall–Kier alpha value is -2.41. The Kier molecular flexibility index (Phi) is 3.76. The average Bonchev–Trinajstić information content (AvgIpc) is 2.36. The molecule has 7 heteroatoms. The van der Waals surface area contributed by atoms with E-state index in [1.54, 1.807) is 11.2 Å². The number of rotatable bonds is 4. The molecule has 2 aromatic heterocycles. The summed E-state index contributed by atoms with van der Waals surface area (Å²) in [5, 5.41) is 4.87. The highest BCUT2D eigenvalue weighted by atomic mass is 15.5. The molecule has 0 saturated heterocycles. The van der Waals surface area contributed by atoms with Crippen LogP contribution in [0.4, 0.5) is 23.1 Å². The first-order valence-electron chi connectivity index (χ1n) is 5.81. The molecule has 2 aromatic rings. The molecule has 0 aliphatic heterocycles. The van der Waals surface area contributed by atoms with Gasteiger partial charge in [0, 0.05) is 20.3 Å². The van der Waals surface area contributed by atoms with Crippen molar-refractivity contribution >= 4 is 23.1 Å². The first-order chi connectivity index (χ1) is 9.08. The summed E-state index contributed by atoms with van der Waals surface area (Å²) in [4.78, 5) is 12.5. The molecule has 0 aliphatic rings. The second-order valence-electron chi connectivity index (χ2n) is 4.28. The lowest BCUT2D eigenvalue weighted by Gasteiger charge is -2.16. The van der Waals surface area contributed by atoms with Crippen LogP contribution in [0.25, 0.3) is 0 Å². The lowest BCUT2D eigenvalue weighted by atomic mass is 10.3. The predicted octanol–water partition coefficient (Wildman–Crippen LogP) is 1.39. The van der Waals surface area contributed by atoms with Crippen molar-refractivity contribution in [2.45, 2.75) is 6.92 Å². The summed E-state index contributed by atoms with van der Waals surface area (Å²) in [5.41, 5.74) is 10.5. The zero-order valence-corrected chi connectivity index (χ0v) is 11.2. The molecule has 0 radical (unpaired) electrons. The smallest absolute Gasteiger partial charge is 0.169 e. The maximum Gasteiger partial charge on any atom is 0.169 e. The number of pyridine rings is 1. The van der Waals surface area contributed by atoms with Gasteiger partial charge in [0.05, 0.1) is 0 Å². The Morgan fingerprint density at radius 3 is 2.53 bits per heavy atom. The van der Waals surface area contributed by atoms with Gasteiger partial charge >= 0.3 is 0 Å². The molecule has 100 valence electrons. The topological polar surface area (TPSA) is 92.0 Å². The molecule has 0 bridgehead atoms. The minimum Gasteiger partial charge on any atom is -0.393 e. The van der Waals surface area contributed by atoms with E-state index in [4.69, 9.17) is 5.73 Å². The fourth-order valence-electron chi connectivity index (χ4n) is 1.52. The maximum absolute atomic E-state index is 6.03. The van der Waals surface area contributed by atoms with Gasteiger partial charge < -0.3 is 16.5 Å². The van der Waals surface area contributed by atoms with Crippen molar-refractivity contribution in [1.82, 2.24) is 20.0 Å². The number of nitrogen functional groups attached to an aromatic ring is 1. The lowest BCUT2D eigenvalue weighted by Crippen LogP contribution is -2.21. The summed E-state index contributed by atoms with van der Waals surface area (Å²) in [6.45, 7) is 1.96. The minimum absolute atomic E-state index is 0.446. The van der Waals surface area contributed by atoms with Crippen LogP contribution in [0.1, 0.15) is 5.56 Å². The van der Waals surface area contributed by atoms with E-state index < -0.39 is 0 Å². The molecule has 2 heterocycles. The van der Waals surface area contributed by atoms with Gasteiger partial charge in [0.15, 0.2) is 11.6 Å². The molecule has 4 N–H and O–H groups in total. The fraction of sp³-hybridized carbons (Fsp3) is 0.250. The standard InChI is InChI=1S/C12H17N7/c1-8-5-4-6-14-10(8)17-11-9(13)12(16-7-15-11)18-19(2)3/h4-7H,13H2,1-3H3,(H2,14,15,16,17,18). The van der Waals surface area contributed by atoms with Gasteiger partial charge in [-0.2, -0.15) is 0 Å². The monoisotopic (exact) mass is 259 g/mol. The maximum atomic E-state index is 6.03. The second kappa shape index (κ2) is 5.49. The van der Waals surface area contributed by atoms with Gasteiger partial charge in [-0.15, -0.1) is 0 Å². The van der Waals surface area contributed by atoms with Gasteiger partial charge in [0.2, 0.25) is 0 Å². The van der Waals surface area contributed by atoms with Crippen molar-refractivity contribution in [2.75, 3.05) is 30.6 Å².